The van der Waals surface area contributed by atoms with E-state index in [2.05, 4.69) is 20.6 Å². The molecule has 2 aromatic rings. The fourth-order valence-electron chi connectivity index (χ4n) is 2.10. The number of anilines is 1. The van der Waals surface area contributed by atoms with E-state index in [0.717, 1.165) is 18.0 Å². The number of nitro groups is 1. The molecule has 0 spiro atoms. The van der Waals surface area contributed by atoms with Crippen molar-refractivity contribution in [2.45, 2.75) is 13.3 Å². The molecule has 1 amide bonds. The first-order valence-corrected chi connectivity index (χ1v) is 7.71. The molecule has 26 heavy (non-hydrogen) atoms. The maximum atomic E-state index is 11.9. The molecule has 2 rings (SSSR count). The van der Waals surface area contributed by atoms with E-state index in [-0.39, 0.29) is 17.1 Å². The Balaban J connectivity index is 1.79. The third kappa shape index (κ3) is 4.97. The number of aromatic nitrogens is 2. The Morgan fingerprint density at radius 3 is 2.50 bits per heavy atom. The number of nitrogens with one attached hydrogen (secondary N) is 2. The van der Waals surface area contributed by atoms with Crippen LogP contribution in [0.25, 0.3) is 0 Å². The summed E-state index contributed by atoms with van der Waals surface area (Å²) in [7, 11) is 0. The summed E-state index contributed by atoms with van der Waals surface area (Å²) < 4.78 is 0. The normalized spacial score (nSPS) is 10.2. The molecule has 0 radical (unpaired) electrons. The van der Waals surface area contributed by atoms with Crippen molar-refractivity contribution < 1.29 is 19.6 Å². The van der Waals surface area contributed by atoms with Gasteiger partial charge in [0.15, 0.2) is 5.69 Å². The number of hydrogen-bond acceptors (Lipinski definition) is 7. The van der Waals surface area contributed by atoms with Crippen molar-refractivity contribution in [2.75, 3.05) is 18.4 Å². The number of carbonyl (C=O) groups excluding carboxylic acids is 1. The zero-order valence-corrected chi connectivity index (χ0v) is 13.9. The molecular weight excluding hydrogens is 342 g/mol. The molecule has 0 aliphatic carbocycles. The first-order chi connectivity index (χ1) is 12.4. The Morgan fingerprint density at radius 2 is 1.88 bits per heavy atom. The Morgan fingerprint density at radius 1 is 1.19 bits per heavy atom. The number of nitro benzene ring substituents is 1. The SMILES string of the molecule is Cc1ccc(NCCCNC(=O)c2cnc(C(=O)O)cn2)c([N+](=O)[O-])c1. The van der Waals surface area contributed by atoms with E-state index in [1.807, 2.05) is 0 Å². The smallest absolute Gasteiger partial charge is 0.356 e. The molecule has 136 valence electrons. The average molecular weight is 359 g/mol. The van der Waals surface area contributed by atoms with Gasteiger partial charge in [-0.1, -0.05) is 6.07 Å². The Kier molecular flexibility index (Phi) is 6.15. The summed E-state index contributed by atoms with van der Waals surface area (Å²) in [6.45, 7) is 2.51. The summed E-state index contributed by atoms with van der Waals surface area (Å²) in [5.74, 6) is -1.70. The zero-order valence-electron chi connectivity index (χ0n) is 13.9. The third-order valence-electron chi connectivity index (χ3n) is 3.41. The second-order valence-electron chi connectivity index (χ2n) is 5.41. The molecule has 10 nitrogen and oxygen atoms in total. The van der Waals surface area contributed by atoms with Crippen molar-refractivity contribution in [1.82, 2.24) is 15.3 Å². The van der Waals surface area contributed by atoms with Crippen LogP contribution in [0.1, 0.15) is 33.0 Å². The van der Waals surface area contributed by atoms with E-state index >= 15 is 0 Å². The monoisotopic (exact) mass is 359 g/mol. The van der Waals surface area contributed by atoms with Gasteiger partial charge in [-0.2, -0.15) is 0 Å². The van der Waals surface area contributed by atoms with Crippen molar-refractivity contribution in [3.63, 3.8) is 0 Å². The highest BCUT2D eigenvalue weighted by molar-refractivity contribution is 5.92. The number of carboxylic acids is 1. The summed E-state index contributed by atoms with van der Waals surface area (Å²) in [6, 6.07) is 4.91. The third-order valence-corrected chi connectivity index (χ3v) is 3.41. The maximum Gasteiger partial charge on any atom is 0.356 e. The van der Waals surface area contributed by atoms with Gasteiger partial charge >= 0.3 is 5.97 Å². The van der Waals surface area contributed by atoms with Crippen LogP contribution in [0.5, 0.6) is 0 Å². The van der Waals surface area contributed by atoms with Crippen LogP contribution >= 0.6 is 0 Å². The summed E-state index contributed by atoms with van der Waals surface area (Å²) in [5, 5.41) is 25.3. The molecule has 0 saturated carbocycles. The summed E-state index contributed by atoms with van der Waals surface area (Å²) in [4.78, 5) is 40.5. The molecule has 0 unspecified atom stereocenters. The van der Waals surface area contributed by atoms with Crippen molar-refractivity contribution in [3.05, 3.63) is 57.7 Å². The highest BCUT2D eigenvalue weighted by Gasteiger charge is 2.13. The van der Waals surface area contributed by atoms with E-state index in [0.29, 0.717) is 25.2 Å². The zero-order chi connectivity index (χ0) is 19.1. The Bertz CT molecular complexity index is 822. The first-order valence-electron chi connectivity index (χ1n) is 7.71. The van der Waals surface area contributed by atoms with Crippen molar-refractivity contribution in [3.8, 4) is 0 Å². The fraction of sp³-hybridized carbons (Fsp3) is 0.250. The highest BCUT2D eigenvalue weighted by atomic mass is 16.6. The molecular formula is C16H17N5O5. The summed E-state index contributed by atoms with van der Waals surface area (Å²) >= 11 is 0. The molecule has 0 aliphatic rings. The molecule has 0 bridgehead atoms. The minimum absolute atomic E-state index is 0.00262. The lowest BCUT2D eigenvalue weighted by atomic mass is 10.2. The lowest BCUT2D eigenvalue weighted by Gasteiger charge is -2.08. The predicted octanol–water partition coefficient (Wildman–Crippen LogP) is 1.62. The lowest BCUT2D eigenvalue weighted by molar-refractivity contribution is -0.384. The van der Waals surface area contributed by atoms with Gasteiger partial charge in [0.1, 0.15) is 11.4 Å². The molecule has 0 atom stereocenters. The van der Waals surface area contributed by atoms with Gasteiger partial charge in [-0.05, 0) is 25.0 Å². The van der Waals surface area contributed by atoms with E-state index in [1.165, 1.54) is 6.07 Å². The van der Waals surface area contributed by atoms with Crippen molar-refractivity contribution in [2.24, 2.45) is 0 Å². The minimum atomic E-state index is -1.22. The van der Waals surface area contributed by atoms with Gasteiger partial charge in [-0.3, -0.25) is 14.9 Å². The first kappa shape index (κ1) is 18.8. The number of aryl methyl sites for hydroxylation is 1. The standard InChI is InChI=1S/C16H17N5O5/c1-10-3-4-11(14(7-10)21(25)26)17-5-2-6-18-15(22)12-8-20-13(9-19-12)16(23)24/h3-4,7-9,17H,2,5-6H2,1H3,(H,18,22)(H,23,24). The van der Waals surface area contributed by atoms with Gasteiger partial charge in [0.25, 0.3) is 11.6 Å². The van der Waals surface area contributed by atoms with E-state index in [4.69, 9.17) is 5.11 Å². The predicted molar refractivity (Wildman–Crippen MR) is 92.3 cm³/mol. The summed E-state index contributed by atoms with van der Waals surface area (Å²) in [6.07, 6.45) is 2.62. The topological polar surface area (TPSA) is 147 Å². The second kappa shape index (κ2) is 8.51. The molecule has 1 aromatic carbocycles. The Hall–Kier alpha value is -3.56. The van der Waals surface area contributed by atoms with Crippen LogP contribution in [-0.4, -0.2) is 45.0 Å². The summed E-state index contributed by atoms with van der Waals surface area (Å²) in [5.41, 5.74) is 0.983. The van der Waals surface area contributed by atoms with Crippen molar-refractivity contribution in [1.29, 1.82) is 0 Å². The Labute approximate surface area is 148 Å². The number of nitrogens with zero attached hydrogens (tertiary/aromatic N) is 3. The molecule has 0 saturated heterocycles. The maximum absolute atomic E-state index is 11.9. The van der Waals surface area contributed by atoms with Gasteiger partial charge in [0.2, 0.25) is 0 Å². The number of rotatable bonds is 8. The van der Waals surface area contributed by atoms with E-state index in [1.54, 1.807) is 19.1 Å². The average Bonchev–Trinajstić information content (AvgIpc) is 2.62. The quantitative estimate of drug-likeness (QED) is 0.366. The van der Waals surface area contributed by atoms with Crippen LogP contribution in [0.3, 0.4) is 0 Å². The van der Waals surface area contributed by atoms with E-state index in [9.17, 15) is 19.7 Å². The molecule has 10 heteroatoms. The van der Waals surface area contributed by atoms with Gasteiger partial charge in [0, 0.05) is 19.2 Å². The molecule has 0 fully saturated rings. The number of carbonyl (C=O) groups is 2. The second-order valence-corrected chi connectivity index (χ2v) is 5.41. The number of hydrogen-bond donors (Lipinski definition) is 3. The molecule has 1 aromatic heterocycles. The van der Waals surface area contributed by atoms with Crippen LogP contribution in [-0.2, 0) is 0 Å². The largest absolute Gasteiger partial charge is 0.476 e. The minimum Gasteiger partial charge on any atom is -0.476 e. The van der Waals surface area contributed by atoms with Crippen LogP contribution in [0.15, 0.2) is 30.6 Å². The van der Waals surface area contributed by atoms with Crippen LogP contribution in [0.4, 0.5) is 11.4 Å². The number of amides is 1. The van der Waals surface area contributed by atoms with Gasteiger partial charge < -0.3 is 15.7 Å². The number of benzene rings is 1. The number of carboxylic acid groups (broad SMARTS) is 1. The lowest BCUT2D eigenvalue weighted by Crippen LogP contribution is -2.27. The van der Waals surface area contributed by atoms with Gasteiger partial charge in [-0.15, -0.1) is 0 Å². The van der Waals surface area contributed by atoms with E-state index < -0.39 is 16.8 Å². The van der Waals surface area contributed by atoms with Crippen molar-refractivity contribution >= 4 is 23.3 Å². The van der Waals surface area contributed by atoms with Crippen LogP contribution in [0.2, 0.25) is 0 Å². The number of aromatic carboxylic acids is 1. The van der Waals surface area contributed by atoms with Crippen LogP contribution < -0.4 is 10.6 Å². The molecule has 1 heterocycles. The van der Waals surface area contributed by atoms with Crippen LogP contribution in [0, 0.1) is 17.0 Å². The fourth-order valence-corrected chi connectivity index (χ4v) is 2.10. The highest BCUT2D eigenvalue weighted by Crippen LogP contribution is 2.25. The molecule has 3 N–H and O–H groups in total. The van der Waals surface area contributed by atoms with Gasteiger partial charge in [0.05, 0.1) is 17.3 Å². The molecule has 0 aliphatic heterocycles. The van der Waals surface area contributed by atoms with Gasteiger partial charge in [-0.25, -0.2) is 14.8 Å².